The summed E-state index contributed by atoms with van der Waals surface area (Å²) in [6, 6.07) is 31.1. The second-order valence-electron chi connectivity index (χ2n) is 12.6. The van der Waals surface area contributed by atoms with E-state index in [0.717, 1.165) is 52.0 Å². The lowest BCUT2D eigenvalue weighted by Gasteiger charge is -2.42. The van der Waals surface area contributed by atoms with Gasteiger partial charge in [0.15, 0.2) is 6.29 Å². The molecule has 0 bridgehead atoms. The summed E-state index contributed by atoms with van der Waals surface area (Å²) >= 11 is 23.3. The Morgan fingerprint density at radius 1 is 0.878 bits per heavy atom. The molecule has 2 aliphatic heterocycles. The summed E-state index contributed by atoms with van der Waals surface area (Å²) in [5, 5.41) is 24.3. The smallest absolute Gasteiger partial charge is 0.272 e. The van der Waals surface area contributed by atoms with Crippen molar-refractivity contribution >= 4 is 52.3 Å². The molecular formula is C38H38Cl4N2O5. The van der Waals surface area contributed by atoms with E-state index in [4.69, 9.17) is 55.9 Å². The van der Waals surface area contributed by atoms with Gasteiger partial charge >= 0.3 is 0 Å². The predicted molar refractivity (Wildman–Crippen MR) is 193 cm³/mol. The highest BCUT2D eigenvalue weighted by atomic mass is 35.6. The van der Waals surface area contributed by atoms with Crippen molar-refractivity contribution < 1.29 is 24.5 Å². The number of rotatable bonds is 9. The van der Waals surface area contributed by atoms with Crippen LogP contribution in [0.4, 0.5) is 0 Å². The van der Waals surface area contributed by atoms with E-state index in [-0.39, 0.29) is 25.4 Å². The van der Waals surface area contributed by atoms with Crippen molar-refractivity contribution in [2.75, 3.05) is 19.6 Å². The van der Waals surface area contributed by atoms with Crippen LogP contribution in [0.25, 0.3) is 11.1 Å². The van der Waals surface area contributed by atoms with Gasteiger partial charge in [-0.3, -0.25) is 4.79 Å². The van der Waals surface area contributed by atoms with Crippen LogP contribution in [0, 0.1) is 0 Å². The number of ether oxygens (including phenoxy) is 2. The zero-order valence-corrected chi connectivity index (χ0v) is 29.7. The first-order valence-corrected chi connectivity index (χ1v) is 17.8. The molecule has 0 unspecified atom stereocenters. The molecule has 2 aliphatic rings. The molecule has 0 aromatic heterocycles. The fourth-order valence-corrected chi connectivity index (χ4v) is 6.85. The van der Waals surface area contributed by atoms with Crippen molar-refractivity contribution in [3.63, 3.8) is 0 Å². The number of alkyl halides is 3. The minimum absolute atomic E-state index is 0.0216. The Bertz CT molecular complexity index is 1710. The van der Waals surface area contributed by atoms with Gasteiger partial charge in [0.05, 0.1) is 24.4 Å². The number of halogens is 4. The minimum Gasteiger partial charge on any atom is -0.392 e. The monoisotopic (exact) mass is 742 g/mol. The first kappa shape index (κ1) is 36.1. The van der Waals surface area contributed by atoms with Gasteiger partial charge in [0.1, 0.15) is 0 Å². The number of aliphatic hydroxyl groups is 2. The molecule has 3 atom stereocenters. The number of hydrogen-bond acceptors (Lipinski definition) is 6. The van der Waals surface area contributed by atoms with Gasteiger partial charge in [-0.15, -0.1) is 0 Å². The van der Waals surface area contributed by atoms with Crippen molar-refractivity contribution in [3.05, 3.63) is 130 Å². The Morgan fingerprint density at radius 2 is 1.53 bits per heavy atom. The molecular weight excluding hydrogens is 706 g/mol. The van der Waals surface area contributed by atoms with E-state index in [1.165, 1.54) is 0 Å². The fourth-order valence-electron chi connectivity index (χ4n) is 6.53. The third kappa shape index (κ3) is 8.98. The standard InChI is InChI=1S/C38H38Cl4N2O5/c39-31-15-13-30(14-16-31)37(47)17-19-44(20-18-37)23-32-21-34(27-7-5-25(24-45)6-8-27)49-35(48-32)28-11-9-26(10-12-28)33-4-2-1-3-29(33)22-43-36(46)38(40,41)42/h1-16,32,34-35,45,47H,17-24H2,(H,43,46)/t32-,34+,35+/m0/s1. The molecule has 0 saturated carbocycles. The summed E-state index contributed by atoms with van der Waals surface area (Å²) < 4.78 is 11.2. The third-order valence-electron chi connectivity index (χ3n) is 9.35. The lowest BCUT2D eigenvalue weighted by Crippen LogP contribution is -2.46. The minimum atomic E-state index is -2.04. The van der Waals surface area contributed by atoms with Crippen molar-refractivity contribution in [1.82, 2.24) is 10.2 Å². The quantitative estimate of drug-likeness (QED) is 0.151. The second kappa shape index (κ2) is 15.7. The molecule has 2 heterocycles. The molecule has 1 amide bonds. The van der Waals surface area contributed by atoms with E-state index in [1.807, 2.05) is 97.1 Å². The molecule has 3 N–H and O–H groups in total. The normalized spacial score (nSPS) is 21.3. The van der Waals surface area contributed by atoms with Gasteiger partial charge in [-0.25, -0.2) is 0 Å². The van der Waals surface area contributed by atoms with Gasteiger partial charge in [-0.1, -0.05) is 131 Å². The van der Waals surface area contributed by atoms with E-state index >= 15 is 0 Å². The number of benzene rings is 4. The van der Waals surface area contributed by atoms with E-state index in [1.54, 1.807) is 0 Å². The summed E-state index contributed by atoms with van der Waals surface area (Å²) in [5.41, 5.74) is 5.51. The average Bonchev–Trinajstić information content (AvgIpc) is 3.11. The fraction of sp³-hybridized carbons (Fsp3) is 0.342. The van der Waals surface area contributed by atoms with Crippen LogP contribution >= 0.6 is 46.4 Å². The number of likely N-dealkylation sites (tertiary alicyclic amines) is 1. The van der Waals surface area contributed by atoms with Gasteiger partial charge < -0.3 is 29.9 Å². The largest absolute Gasteiger partial charge is 0.392 e. The molecule has 11 heteroatoms. The van der Waals surface area contributed by atoms with Crippen LogP contribution in [0.2, 0.25) is 5.02 Å². The van der Waals surface area contributed by atoms with Gasteiger partial charge in [0.25, 0.3) is 9.70 Å². The summed E-state index contributed by atoms with van der Waals surface area (Å²) in [4.78, 5) is 14.5. The first-order chi connectivity index (χ1) is 23.5. The van der Waals surface area contributed by atoms with Gasteiger partial charge in [0.2, 0.25) is 0 Å². The Hall–Kier alpha value is -2.69. The van der Waals surface area contributed by atoms with Crippen LogP contribution in [0.3, 0.4) is 0 Å². The number of carbonyl (C=O) groups excluding carboxylic acids is 1. The summed E-state index contributed by atoms with van der Waals surface area (Å²) in [7, 11) is 0. The zero-order valence-electron chi connectivity index (χ0n) is 26.7. The highest BCUT2D eigenvalue weighted by Crippen LogP contribution is 2.40. The molecule has 4 aromatic carbocycles. The number of piperidine rings is 1. The van der Waals surface area contributed by atoms with Gasteiger partial charge in [0, 0.05) is 43.2 Å². The van der Waals surface area contributed by atoms with Crippen LogP contribution in [-0.4, -0.2) is 50.6 Å². The van der Waals surface area contributed by atoms with Crippen LogP contribution in [0.15, 0.2) is 97.1 Å². The number of hydrogen-bond donors (Lipinski definition) is 3. The SMILES string of the molecule is O=C(NCc1ccccc1-c1ccc([C@@H]2O[C@H](CN3CCC(O)(c4ccc(Cl)cc4)CC3)C[C@H](c3ccc(CO)cc3)O2)cc1)C(Cl)(Cl)Cl. The average molecular weight is 745 g/mol. The Labute approximate surface area is 306 Å². The Balaban J connectivity index is 1.17. The molecule has 2 saturated heterocycles. The molecule has 4 aromatic rings. The van der Waals surface area contributed by atoms with E-state index in [0.29, 0.717) is 30.8 Å². The van der Waals surface area contributed by atoms with Crippen molar-refractivity contribution in [1.29, 1.82) is 0 Å². The first-order valence-electron chi connectivity index (χ1n) is 16.3. The molecule has 0 radical (unpaired) electrons. The maximum absolute atomic E-state index is 12.2. The zero-order chi connectivity index (χ0) is 34.6. The molecule has 49 heavy (non-hydrogen) atoms. The summed E-state index contributed by atoms with van der Waals surface area (Å²) in [6.45, 7) is 2.35. The molecule has 7 nitrogen and oxygen atoms in total. The second-order valence-corrected chi connectivity index (χ2v) is 15.4. The van der Waals surface area contributed by atoms with Crippen molar-refractivity contribution in [2.24, 2.45) is 0 Å². The topological polar surface area (TPSA) is 91.3 Å². The molecule has 6 rings (SSSR count). The maximum Gasteiger partial charge on any atom is 0.272 e. The lowest BCUT2D eigenvalue weighted by molar-refractivity contribution is -0.253. The Morgan fingerprint density at radius 3 is 2.18 bits per heavy atom. The van der Waals surface area contributed by atoms with Crippen LogP contribution in [0.1, 0.15) is 59.5 Å². The van der Waals surface area contributed by atoms with E-state index in [9.17, 15) is 15.0 Å². The lowest BCUT2D eigenvalue weighted by atomic mass is 9.84. The number of aliphatic hydroxyl groups excluding tert-OH is 1. The summed E-state index contributed by atoms with van der Waals surface area (Å²) in [6.07, 6.45) is 0.955. The van der Waals surface area contributed by atoms with Crippen LogP contribution in [-0.2, 0) is 33.0 Å². The molecule has 0 aliphatic carbocycles. The van der Waals surface area contributed by atoms with Crippen molar-refractivity contribution in [2.45, 2.75) is 60.3 Å². The number of amides is 1. The van der Waals surface area contributed by atoms with Crippen LogP contribution in [0.5, 0.6) is 0 Å². The van der Waals surface area contributed by atoms with Crippen molar-refractivity contribution in [3.8, 4) is 11.1 Å². The predicted octanol–water partition coefficient (Wildman–Crippen LogP) is 8.01. The Kier molecular flexibility index (Phi) is 11.6. The third-order valence-corrected chi connectivity index (χ3v) is 10.1. The summed E-state index contributed by atoms with van der Waals surface area (Å²) in [5.74, 6) is -0.689. The molecule has 258 valence electrons. The number of nitrogens with one attached hydrogen (secondary N) is 1. The number of carbonyl (C=O) groups is 1. The van der Waals surface area contributed by atoms with Crippen LogP contribution < -0.4 is 5.32 Å². The maximum atomic E-state index is 12.2. The van der Waals surface area contributed by atoms with Gasteiger partial charge in [-0.05, 0) is 58.4 Å². The highest BCUT2D eigenvalue weighted by molar-refractivity contribution is 6.76. The van der Waals surface area contributed by atoms with E-state index in [2.05, 4.69) is 10.2 Å². The molecule has 2 fully saturated rings. The van der Waals surface area contributed by atoms with E-state index < -0.39 is 21.6 Å². The molecule has 0 spiro atoms. The number of nitrogens with zero attached hydrogens (tertiary/aromatic N) is 1. The van der Waals surface area contributed by atoms with Gasteiger partial charge in [-0.2, -0.15) is 0 Å². The highest BCUT2D eigenvalue weighted by Gasteiger charge is 2.37.